The first-order chi connectivity index (χ1) is 10.5. The van der Waals surface area contributed by atoms with Gasteiger partial charge in [-0.05, 0) is 6.07 Å². The topological polar surface area (TPSA) is 96.8 Å². The highest BCUT2D eigenvalue weighted by atomic mass is 35.5. The molecule has 0 spiro atoms. The summed E-state index contributed by atoms with van der Waals surface area (Å²) in [6, 6.07) is 7.24. The first-order valence-electron chi connectivity index (χ1n) is 7.03. The molecule has 2 aromatic rings. The van der Waals surface area contributed by atoms with Gasteiger partial charge < -0.3 is 20.3 Å². The van der Waals surface area contributed by atoms with Crippen LogP contribution in [0, 0.1) is 0 Å². The summed E-state index contributed by atoms with van der Waals surface area (Å²) >= 11 is 6.35. The zero-order chi connectivity index (χ0) is 15.9. The van der Waals surface area contributed by atoms with Crippen LogP contribution in [0.2, 0.25) is 5.02 Å². The van der Waals surface area contributed by atoms with Crippen molar-refractivity contribution in [1.82, 2.24) is 9.88 Å². The minimum absolute atomic E-state index is 0.167. The minimum Gasteiger partial charge on any atom is -0.389 e. The smallest absolute Gasteiger partial charge is 0.254 e. The van der Waals surface area contributed by atoms with E-state index >= 15 is 0 Å². The maximum absolute atomic E-state index is 12.2. The van der Waals surface area contributed by atoms with Crippen molar-refractivity contribution in [3.8, 4) is 0 Å². The number of piperidine rings is 1. The van der Waals surface area contributed by atoms with Crippen LogP contribution < -0.4 is 5.56 Å². The number of halogens is 1. The van der Waals surface area contributed by atoms with Gasteiger partial charge in [-0.15, -0.1) is 0 Å². The average molecular weight is 325 g/mol. The Morgan fingerprint density at radius 3 is 2.50 bits per heavy atom. The van der Waals surface area contributed by atoms with E-state index in [9.17, 15) is 20.1 Å². The Morgan fingerprint density at radius 2 is 1.82 bits per heavy atom. The van der Waals surface area contributed by atoms with Crippen molar-refractivity contribution in [2.24, 2.45) is 0 Å². The summed E-state index contributed by atoms with van der Waals surface area (Å²) in [7, 11) is 0. The highest BCUT2D eigenvalue weighted by Crippen LogP contribution is 2.25. The van der Waals surface area contributed by atoms with Gasteiger partial charge >= 0.3 is 0 Å². The van der Waals surface area contributed by atoms with E-state index in [-0.39, 0.29) is 25.2 Å². The van der Waals surface area contributed by atoms with Crippen LogP contribution >= 0.6 is 11.6 Å². The summed E-state index contributed by atoms with van der Waals surface area (Å²) in [5.74, 6) is 0. The van der Waals surface area contributed by atoms with Crippen molar-refractivity contribution in [2.75, 3.05) is 13.1 Å². The van der Waals surface area contributed by atoms with Crippen LogP contribution in [0.4, 0.5) is 0 Å². The summed E-state index contributed by atoms with van der Waals surface area (Å²) in [5, 5.41) is 30.1. The molecule has 1 aliphatic rings. The molecule has 3 atom stereocenters. The third-order valence-electron chi connectivity index (χ3n) is 4.01. The molecular formula is C15H17ClN2O4. The van der Waals surface area contributed by atoms with E-state index < -0.39 is 18.3 Å². The lowest BCUT2D eigenvalue weighted by Gasteiger charge is -2.36. The molecule has 0 radical (unpaired) electrons. The number of para-hydroxylation sites is 1. The minimum atomic E-state index is -1.17. The Bertz CT molecular complexity index is 736. The number of H-pyrrole nitrogens is 1. The number of pyridine rings is 1. The summed E-state index contributed by atoms with van der Waals surface area (Å²) in [4.78, 5) is 16.7. The number of rotatable bonds is 2. The number of β-amino-alcohol motifs (C(OH)–C–C–N with tert-alkyl or cyclic N) is 2. The number of fused-ring (bicyclic) bond motifs is 1. The van der Waals surface area contributed by atoms with Crippen LogP contribution in [-0.4, -0.2) is 56.6 Å². The molecule has 0 amide bonds. The third kappa shape index (κ3) is 2.76. The predicted molar refractivity (Wildman–Crippen MR) is 82.9 cm³/mol. The number of aromatic amines is 1. The van der Waals surface area contributed by atoms with Gasteiger partial charge in [-0.25, -0.2) is 0 Å². The van der Waals surface area contributed by atoms with Crippen LogP contribution in [-0.2, 0) is 6.54 Å². The highest BCUT2D eigenvalue weighted by molar-refractivity contribution is 6.36. The number of benzene rings is 1. The Labute approximate surface area is 131 Å². The van der Waals surface area contributed by atoms with Crippen molar-refractivity contribution in [2.45, 2.75) is 24.9 Å². The van der Waals surface area contributed by atoms with E-state index in [0.717, 1.165) is 5.39 Å². The lowest BCUT2D eigenvalue weighted by molar-refractivity contribution is -0.111. The summed E-state index contributed by atoms with van der Waals surface area (Å²) in [6.45, 7) is 0.529. The molecule has 2 heterocycles. The second-order valence-electron chi connectivity index (χ2n) is 5.61. The van der Waals surface area contributed by atoms with Crippen LogP contribution in [0.3, 0.4) is 0 Å². The van der Waals surface area contributed by atoms with Crippen molar-refractivity contribution < 1.29 is 15.3 Å². The molecule has 1 saturated heterocycles. The van der Waals surface area contributed by atoms with E-state index in [1.807, 2.05) is 18.2 Å². The van der Waals surface area contributed by atoms with E-state index in [4.69, 9.17) is 11.6 Å². The molecule has 0 saturated carbocycles. The zero-order valence-electron chi connectivity index (χ0n) is 11.7. The Hall–Kier alpha value is -1.44. The van der Waals surface area contributed by atoms with Gasteiger partial charge in [0.05, 0.1) is 22.8 Å². The number of aromatic nitrogens is 1. The van der Waals surface area contributed by atoms with Crippen LogP contribution in [0.1, 0.15) is 5.56 Å². The third-order valence-corrected chi connectivity index (χ3v) is 4.44. The molecule has 7 heteroatoms. The standard InChI is InChI=1S/C15H17ClN2O4/c16-13-8-3-1-2-4-10(8)17-15(22)9(13)5-18-6-11(19)14(21)12(20)7-18/h1-4,11-12,14,19-21H,5-7H2,(H,17,22)/t11-,12+,14?. The molecule has 1 unspecified atom stereocenters. The zero-order valence-corrected chi connectivity index (χ0v) is 12.5. The molecule has 1 aromatic heterocycles. The van der Waals surface area contributed by atoms with Crippen LogP contribution in [0.5, 0.6) is 0 Å². The second-order valence-corrected chi connectivity index (χ2v) is 5.99. The van der Waals surface area contributed by atoms with Crippen molar-refractivity contribution in [1.29, 1.82) is 0 Å². The molecule has 22 heavy (non-hydrogen) atoms. The SMILES string of the molecule is O=c1[nH]c2ccccc2c(Cl)c1CN1C[C@@H](O)C(O)[C@@H](O)C1. The molecule has 0 aliphatic carbocycles. The lowest BCUT2D eigenvalue weighted by atomic mass is 10.0. The first kappa shape index (κ1) is 15.5. The molecule has 1 aliphatic heterocycles. The highest BCUT2D eigenvalue weighted by Gasteiger charge is 2.33. The number of likely N-dealkylation sites (tertiary alicyclic amines) is 1. The molecule has 118 valence electrons. The van der Waals surface area contributed by atoms with E-state index in [1.54, 1.807) is 11.0 Å². The fourth-order valence-corrected chi connectivity index (χ4v) is 3.12. The van der Waals surface area contributed by atoms with Crippen molar-refractivity contribution >= 4 is 22.5 Å². The molecular weight excluding hydrogens is 308 g/mol. The van der Waals surface area contributed by atoms with Crippen LogP contribution in [0.25, 0.3) is 10.9 Å². The van der Waals surface area contributed by atoms with Gasteiger partial charge in [0.2, 0.25) is 0 Å². The average Bonchev–Trinajstić information content (AvgIpc) is 2.49. The first-order valence-corrected chi connectivity index (χ1v) is 7.41. The van der Waals surface area contributed by atoms with Gasteiger partial charge in [-0.1, -0.05) is 29.8 Å². The predicted octanol–water partition coefficient (Wildman–Crippen LogP) is 0.0798. The molecule has 6 nitrogen and oxygen atoms in total. The monoisotopic (exact) mass is 324 g/mol. The maximum Gasteiger partial charge on any atom is 0.254 e. The number of aliphatic hydroxyl groups excluding tert-OH is 3. The fourth-order valence-electron chi connectivity index (χ4n) is 2.81. The Kier molecular flexibility index (Phi) is 4.20. The van der Waals surface area contributed by atoms with Crippen molar-refractivity contribution in [3.63, 3.8) is 0 Å². The van der Waals surface area contributed by atoms with Gasteiger partial charge in [0.1, 0.15) is 6.10 Å². The van der Waals surface area contributed by atoms with Gasteiger partial charge in [-0.3, -0.25) is 9.69 Å². The number of nitrogens with one attached hydrogen (secondary N) is 1. The normalized spacial score (nSPS) is 26.5. The van der Waals surface area contributed by atoms with Gasteiger partial charge in [0, 0.05) is 30.5 Å². The van der Waals surface area contributed by atoms with Gasteiger partial charge in [-0.2, -0.15) is 0 Å². The molecule has 1 fully saturated rings. The van der Waals surface area contributed by atoms with E-state index in [2.05, 4.69) is 4.98 Å². The summed E-state index contributed by atoms with van der Waals surface area (Å²) in [6.07, 6.45) is -3.27. The number of nitrogens with zero attached hydrogens (tertiary/aromatic N) is 1. The second kappa shape index (κ2) is 5.98. The van der Waals surface area contributed by atoms with Crippen LogP contribution in [0.15, 0.2) is 29.1 Å². The lowest BCUT2D eigenvalue weighted by Crippen LogP contribution is -2.55. The van der Waals surface area contributed by atoms with Crippen molar-refractivity contribution in [3.05, 3.63) is 45.2 Å². The molecule has 3 rings (SSSR count). The molecule has 0 bridgehead atoms. The largest absolute Gasteiger partial charge is 0.389 e. The number of hydrogen-bond acceptors (Lipinski definition) is 5. The molecule has 4 N–H and O–H groups in total. The maximum atomic E-state index is 12.2. The van der Waals surface area contributed by atoms with E-state index in [1.165, 1.54) is 0 Å². The summed E-state index contributed by atoms with van der Waals surface area (Å²) in [5.41, 5.74) is 0.755. The summed E-state index contributed by atoms with van der Waals surface area (Å²) < 4.78 is 0. The number of aliphatic hydroxyl groups is 3. The van der Waals surface area contributed by atoms with E-state index in [0.29, 0.717) is 16.1 Å². The number of hydrogen-bond donors (Lipinski definition) is 4. The Morgan fingerprint density at radius 1 is 1.18 bits per heavy atom. The Balaban J connectivity index is 1.93. The quantitative estimate of drug-likeness (QED) is 0.627. The molecule has 1 aromatic carbocycles. The van der Waals surface area contributed by atoms with Gasteiger partial charge in [0.15, 0.2) is 0 Å². The van der Waals surface area contributed by atoms with Gasteiger partial charge in [0.25, 0.3) is 5.56 Å². The fraction of sp³-hybridized carbons (Fsp3) is 0.400.